The average molecular weight is 1100 g/mol. The third kappa shape index (κ3) is 181. The summed E-state index contributed by atoms with van der Waals surface area (Å²) in [7, 11) is 0. The molecule has 0 aromatic rings. The molecule has 0 aromatic heterocycles. The molecule has 0 aliphatic heterocycles. The number of hydrogen-bond acceptors (Lipinski definition) is 0. The summed E-state index contributed by atoms with van der Waals surface area (Å²) in [6.07, 6.45) is 74.2. The minimum atomic E-state index is 1.25. The molecule has 12 rings (SSSR count). The molecule has 12 aliphatic carbocycles. The molecule has 0 heterocycles. The highest BCUT2D eigenvalue weighted by Gasteiger charge is 2.08. The van der Waals surface area contributed by atoms with Crippen molar-refractivity contribution in [3.8, 4) is 0 Å². The fourth-order valence-corrected chi connectivity index (χ4v) is 2.91. The van der Waals surface area contributed by atoms with Gasteiger partial charge in [0.25, 0.3) is 0 Å². The number of rotatable bonds is 0. The van der Waals surface area contributed by atoms with Crippen LogP contribution in [0.4, 0.5) is 0 Å². The van der Waals surface area contributed by atoms with Crippen LogP contribution in [0.15, 0.2) is 0 Å². The van der Waals surface area contributed by atoms with Crippen LogP contribution in [0.1, 0.15) is 475 Å². The topological polar surface area (TPSA) is 0 Å². The Balaban J connectivity index is -0.0000000450. The Morgan fingerprint density at radius 2 is 0.182 bits per heavy atom. The Kier molecular flexibility index (Phi) is 258. The van der Waals surface area contributed by atoms with E-state index in [9.17, 15) is 0 Å². The third-order valence-electron chi connectivity index (χ3n) is 11.6. The van der Waals surface area contributed by atoms with Crippen LogP contribution in [-0.4, -0.2) is 0 Å². The van der Waals surface area contributed by atoms with Crippen LogP contribution < -0.4 is 0 Å². The van der Waals surface area contributed by atoms with E-state index in [0.717, 1.165) is 0 Å². The molecule has 0 atom stereocenters. The highest BCUT2D eigenvalue weighted by Crippen LogP contribution is 2.19. The Morgan fingerprint density at radius 1 is 0.156 bits per heavy atom. The summed E-state index contributed by atoms with van der Waals surface area (Å²) in [6, 6.07) is 0. The fourth-order valence-electron chi connectivity index (χ4n) is 2.91. The van der Waals surface area contributed by atoms with Crippen LogP contribution in [0.3, 0.4) is 0 Å². The van der Waals surface area contributed by atoms with E-state index in [1.165, 1.54) is 302 Å². The molecule has 0 radical (unpaired) electrons. The van der Waals surface area contributed by atoms with Gasteiger partial charge in [0.2, 0.25) is 0 Å². The Morgan fingerprint density at radius 3 is 0.182 bits per heavy atom. The molecule has 480 valence electrons. The maximum atomic E-state index is 3.25. The second-order valence-electron chi connectivity index (χ2n) is 17.3. The minimum Gasteiger partial charge on any atom is -0.0683 e. The molecule has 0 aromatic carbocycles. The third-order valence-corrected chi connectivity index (χ3v) is 11.6. The largest absolute Gasteiger partial charge is 0.0916 e. The first kappa shape index (κ1) is 112. The monoisotopic (exact) mass is 1100 g/mol. The van der Waals surface area contributed by atoms with Crippen molar-refractivity contribution in [2.75, 3.05) is 0 Å². The molecule has 12 fully saturated rings. The summed E-state index contributed by atoms with van der Waals surface area (Å²) < 4.78 is 0. The Bertz CT molecular complexity index is 282. The molecule has 0 bridgehead atoms. The predicted octanol–water partition coefficient (Wildman–Crippen LogP) is 32.6. The zero-order valence-electron chi connectivity index (χ0n) is 61.5. The van der Waals surface area contributed by atoms with E-state index >= 15 is 0 Å². The van der Waals surface area contributed by atoms with Crippen molar-refractivity contribution in [1.29, 1.82) is 0 Å². The van der Waals surface area contributed by atoms with Gasteiger partial charge in [0.05, 0.1) is 80.1 Å². The van der Waals surface area contributed by atoms with Gasteiger partial charge in [-0.05, 0) is 0 Å². The van der Waals surface area contributed by atoms with Crippen molar-refractivity contribution in [2.45, 2.75) is 475 Å². The second kappa shape index (κ2) is 178. The molecule has 12 aliphatic rings. The van der Waals surface area contributed by atoms with Crippen LogP contribution in [0.2, 0.25) is 0 Å². The van der Waals surface area contributed by atoms with Crippen LogP contribution in [0.25, 0.3) is 0 Å². The summed E-state index contributed by atoms with van der Waals surface area (Å²) in [6.45, 7) is 59.2. The van der Waals surface area contributed by atoms with Crippen LogP contribution in [0, 0.1) is 33.6 Å². The van der Waals surface area contributed by atoms with E-state index in [4.69, 9.17) is 0 Å². The van der Waals surface area contributed by atoms with Gasteiger partial charge in [-0.25, -0.2) is 0 Å². The van der Waals surface area contributed by atoms with E-state index in [0.29, 0.717) is 0 Å². The van der Waals surface area contributed by atoms with Crippen molar-refractivity contribution in [1.82, 2.24) is 0 Å². The van der Waals surface area contributed by atoms with Crippen molar-refractivity contribution in [2.24, 2.45) is 0 Å². The summed E-state index contributed by atoms with van der Waals surface area (Å²) >= 11 is 0. The van der Waals surface area contributed by atoms with E-state index in [-0.39, 0.29) is 0 Å². The maximum absolute atomic E-state index is 3.25. The highest BCUT2D eigenvalue weighted by atomic mass is 14.1. The molecule has 0 saturated heterocycles. The van der Waals surface area contributed by atoms with Crippen molar-refractivity contribution in [3.05, 3.63) is 33.6 Å². The van der Waals surface area contributed by atoms with Crippen molar-refractivity contribution >= 4 is 0 Å². The van der Waals surface area contributed by atoms with Gasteiger partial charge < -0.3 is 0 Å². The number of hydrogen-bond donors (Lipinski definition) is 0. The SMILES string of the molecule is C1CCC1.C1CCC1.C1CCC1.C1CCC1.C1CCC1.C1CCC1.C1CCC1.C1CCC1.C1CCC1.C1CCC1.CC.CC.CC.CC.CC.CC.CC.CC.CC.CC.CCC.[CH+]1CCC1.[CH+]1CCC1.[CH2+]C.[CH2+]C.[CH2+]C. The molecule has 0 unspecified atom stereocenters. The second-order valence-corrected chi connectivity index (χ2v) is 17.3. The zero-order valence-corrected chi connectivity index (χ0v) is 61.5. The van der Waals surface area contributed by atoms with E-state index < -0.39 is 0 Å². The standard InChI is InChI=1S/10C4H8.2C4H7.C3H8.10C2H6.3C2H5/c12*1-2-4-3-1;1-3-2;13*1-2/h10*1-4H2;2*1H,2-4H2;3H2,1-2H3;10*1-2H3;3*1H2,2H3/q;;;;;;;;;;2*+1;;;;;;;;;;;;3*+1. The first-order valence-corrected chi connectivity index (χ1v) is 37.2. The fraction of sp³-hybridized carbons (Fsp3) is 0.935. The lowest BCUT2D eigenvalue weighted by atomic mass is 10.0. The average Bonchev–Trinajstić information content (AvgIpc) is 3.26. The van der Waals surface area contributed by atoms with Crippen molar-refractivity contribution < 1.29 is 0 Å². The lowest BCUT2D eigenvalue weighted by Gasteiger charge is -2.05. The van der Waals surface area contributed by atoms with Gasteiger partial charge in [-0.3, -0.25) is 0 Å². The molecular weight excluding hydrogens is 925 g/mol. The highest BCUT2D eigenvalue weighted by molar-refractivity contribution is 4.74. The molecule has 0 N–H and O–H groups in total. The summed E-state index contributed by atoms with van der Waals surface area (Å²) in [4.78, 5) is 0. The molecule has 0 spiro atoms. The van der Waals surface area contributed by atoms with Gasteiger partial charge >= 0.3 is 0 Å². The summed E-state index contributed by atoms with van der Waals surface area (Å²) in [5.41, 5.74) is 0. The van der Waals surface area contributed by atoms with Crippen LogP contribution >= 0.6 is 0 Å². The summed E-state index contributed by atoms with van der Waals surface area (Å²) in [5, 5.41) is 0. The van der Waals surface area contributed by atoms with Gasteiger partial charge in [-0.2, -0.15) is 0 Å². The minimum absolute atomic E-state index is 1.25. The van der Waals surface area contributed by atoms with Gasteiger partial charge in [0, 0.05) is 12.8 Å². The molecule has 0 amide bonds. The Labute approximate surface area is 506 Å². The lowest BCUT2D eigenvalue weighted by Crippen LogP contribution is -1.87. The van der Waals surface area contributed by atoms with Crippen LogP contribution in [0.5, 0.6) is 0 Å². The summed E-state index contributed by atoms with van der Waals surface area (Å²) in [5.74, 6) is 0. The first-order chi connectivity index (χ1) is 38.4. The van der Waals surface area contributed by atoms with Gasteiger partial charge in [-0.1, -0.05) is 416 Å². The lowest BCUT2D eigenvalue weighted by molar-refractivity contribution is 0.504. The van der Waals surface area contributed by atoms with Crippen LogP contribution in [-0.2, 0) is 0 Å². The predicted molar refractivity (Wildman–Crippen MR) is 384 cm³/mol. The molecule has 12 saturated carbocycles. The van der Waals surface area contributed by atoms with E-state index in [1.54, 1.807) is 20.8 Å². The van der Waals surface area contributed by atoms with E-state index in [2.05, 4.69) is 47.5 Å². The van der Waals surface area contributed by atoms with E-state index in [1.807, 2.05) is 138 Å². The zero-order chi connectivity index (χ0) is 62.6. The Hall–Kier alpha value is -0.650. The van der Waals surface area contributed by atoms with Gasteiger partial charge in [0.1, 0.15) is 0 Å². The smallest absolute Gasteiger partial charge is 0.0683 e. The van der Waals surface area contributed by atoms with Crippen molar-refractivity contribution in [3.63, 3.8) is 0 Å². The molecular formula is C77H177+5. The quantitative estimate of drug-likeness (QED) is 0.212. The van der Waals surface area contributed by atoms with Gasteiger partial charge in [-0.15, -0.1) is 0 Å². The molecule has 77 heavy (non-hydrogen) atoms. The first-order valence-electron chi connectivity index (χ1n) is 37.2. The van der Waals surface area contributed by atoms with Gasteiger partial charge in [0.15, 0.2) is 0 Å². The maximum Gasteiger partial charge on any atom is 0.0916 e. The molecule has 0 heteroatoms. The molecule has 0 nitrogen and oxygen atoms in total. The normalized spacial score (nSPS) is 16.0.